The number of hydrogen-bond acceptors (Lipinski definition) is 5. The number of ether oxygens (including phenoxy) is 2. The fourth-order valence-electron chi connectivity index (χ4n) is 5.07. The molecule has 0 aliphatic heterocycles. The molecular weight excluding hydrogens is 378 g/mol. The largest absolute Gasteiger partial charge is 0.467 e. The summed E-state index contributed by atoms with van der Waals surface area (Å²) in [5.41, 5.74) is 0.381. The van der Waals surface area contributed by atoms with E-state index >= 15 is 0 Å². The Kier molecular flexibility index (Phi) is 4.69. The molecule has 2 aromatic rings. The van der Waals surface area contributed by atoms with Gasteiger partial charge in [0.2, 0.25) is 0 Å². The third-order valence-corrected chi connectivity index (χ3v) is 6.68. The van der Waals surface area contributed by atoms with E-state index in [0.29, 0.717) is 18.5 Å². The summed E-state index contributed by atoms with van der Waals surface area (Å²) in [5.74, 6) is -1.68. The molecule has 2 bridgehead atoms. The van der Waals surface area contributed by atoms with Gasteiger partial charge in [-0.2, -0.15) is 5.10 Å². The minimum Gasteiger partial charge on any atom is -0.467 e. The van der Waals surface area contributed by atoms with Crippen LogP contribution in [-0.2, 0) is 19.9 Å². The van der Waals surface area contributed by atoms with Gasteiger partial charge in [-0.3, -0.25) is 0 Å². The Morgan fingerprint density at radius 1 is 1.28 bits per heavy atom. The molecule has 0 saturated heterocycles. The van der Waals surface area contributed by atoms with Gasteiger partial charge in [-0.25, -0.2) is 13.6 Å². The molecule has 0 spiro atoms. The van der Waals surface area contributed by atoms with E-state index in [1.54, 1.807) is 6.07 Å². The number of fused-ring (bicyclic) bond motifs is 5. The average molecular weight is 402 g/mol. The molecule has 1 saturated carbocycles. The van der Waals surface area contributed by atoms with Crippen molar-refractivity contribution in [3.8, 4) is 11.3 Å². The number of rotatable bonds is 5. The summed E-state index contributed by atoms with van der Waals surface area (Å²) < 4.78 is 39.8. The zero-order valence-corrected chi connectivity index (χ0v) is 17.0. The van der Waals surface area contributed by atoms with Crippen LogP contribution in [-0.4, -0.2) is 29.4 Å². The molecule has 2 aliphatic carbocycles. The van der Waals surface area contributed by atoms with Crippen LogP contribution in [0.5, 0.6) is 0 Å². The fourth-order valence-corrected chi connectivity index (χ4v) is 5.07. The van der Waals surface area contributed by atoms with Crippen LogP contribution in [0.2, 0.25) is 0 Å². The highest BCUT2D eigenvalue weighted by Crippen LogP contribution is 2.68. The lowest BCUT2D eigenvalue weighted by Crippen LogP contribution is -2.44. The maximum atomic E-state index is 14.3. The second-order valence-electron chi connectivity index (χ2n) is 8.31. The number of esters is 1. The van der Waals surface area contributed by atoms with Crippen molar-refractivity contribution < 1.29 is 23.0 Å². The quantitative estimate of drug-likeness (QED) is 0.689. The van der Waals surface area contributed by atoms with Gasteiger partial charge in [-0.15, -0.1) is 5.10 Å². The number of hydrogen-bond donors (Lipinski definition) is 0. The Morgan fingerprint density at radius 2 is 1.97 bits per heavy atom. The molecule has 0 N–H and O–H groups in total. The molecule has 1 heterocycles. The summed E-state index contributed by atoms with van der Waals surface area (Å²) in [6.07, 6.45) is 1.29. The molecular formula is C22H24F2N2O3. The van der Waals surface area contributed by atoms with Crippen LogP contribution in [0.25, 0.3) is 11.3 Å². The topological polar surface area (TPSA) is 61.3 Å². The Balaban J connectivity index is 1.82. The van der Waals surface area contributed by atoms with Gasteiger partial charge in [-0.05, 0) is 48.9 Å². The molecule has 3 atom stereocenters. The van der Waals surface area contributed by atoms with E-state index in [1.165, 1.54) is 25.3 Å². The van der Waals surface area contributed by atoms with Crippen LogP contribution in [0.15, 0.2) is 24.3 Å². The maximum absolute atomic E-state index is 14.3. The SMILES string of the molecule is CC[C@@H](O[C@]12CC[C@@H](c3cc(-c4c(F)cccc4F)nnc31)C2(C)C)C(=O)OC. The normalized spacial score (nSPS) is 25.0. The van der Waals surface area contributed by atoms with Crippen molar-refractivity contribution in [2.75, 3.05) is 7.11 Å². The maximum Gasteiger partial charge on any atom is 0.335 e. The van der Waals surface area contributed by atoms with Crippen LogP contribution >= 0.6 is 0 Å². The molecule has 1 aromatic heterocycles. The molecule has 1 fully saturated rings. The van der Waals surface area contributed by atoms with Crippen molar-refractivity contribution in [2.45, 2.75) is 57.7 Å². The van der Waals surface area contributed by atoms with Crippen LogP contribution in [0, 0.1) is 17.0 Å². The second-order valence-corrected chi connectivity index (χ2v) is 8.31. The van der Waals surface area contributed by atoms with Crippen molar-refractivity contribution in [3.63, 3.8) is 0 Å². The monoisotopic (exact) mass is 402 g/mol. The number of benzene rings is 1. The van der Waals surface area contributed by atoms with Crippen molar-refractivity contribution in [1.29, 1.82) is 0 Å². The molecule has 4 rings (SSSR count). The van der Waals surface area contributed by atoms with Gasteiger partial charge in [0.15, 0.2) is 6.10 Å². The number of halogens is 2. The lowest BCUT2D eigenvalue weighted by atomic mass is 9.77. The van der Waals surface area contributed by atoms with E-state index in [1.807, 2.05) is 6.92 Å². The molecule has 0 unspecified atom stereocenters. The standard InChI is InChI=1S/C22H24F2N2O3/c1-5-17(20(27)28-4)29-22-10-9-13(21(22,2)3)12-11-16(25-26-19(12)22)18-14(23)7-6-8-15(18)24/h6-8,11,13,17H,5,9-10H2,1-4H3/t13-,17+,22+/m0/s1. The molecule has 1 aromatic carbocycles. The van der Waals surface area contributed by atoms with Crippen LogP contribution < -0.4 is 0 Å². The third-order valence-electron chi connectivity index (χ3n) is 6.68. The van der Waals surface area contributed by atoms with Crippen LogP contribution in [0.1, 0.15) is 57.2 Å². The predicted molar refractivity (Wildman–Crippen MR) is 102 cm³/mol. The van der Waals surface area contributed by atoms with Gasteiger partial charge in [-0.1, -0.05) is 26.8 Å². The number of aromatic nitrogens is 2. The van der Waals surface area contributed by atoms with Gasteiger partial charge in [0.25, 0.3) is 0 Å². The van der Waals surface area contributed by atoms with Gasteiger partial charge < -0.3 is 9.47 Å². The molecule has 2 aliphatic rings. The van der Waals surface area contributed by atoms with Crippen LogP contribution in [0.4, 0.5) is 8.78 Å². The first-order chi connectivity index (χ1) is 13.8. The highest BCUT2D eigenvalue weighted by atomic mass is 19.1. The predicted octanol–water partition coefficient (Wildman–Crippen LogP) is 4.50. The summed E-state index contributed by atoms with van der Waals surface area (Å²) >= 11 is 0. The van der Waals surface area contributed by atoms with Crippen LogP contribution in [0.3, 0.4) is 0 Å². The van der Waals surface area contributed by atoms with E-state index in [9.17, 15) is 13.6 Å². The second kappa shape index (κ2) is 6.83. The summed E-state index contributed by atoms with van der Waals surface area (Å²) in [6, 6.07) is 5.45. The van der Waals surface area contributed by atoms with Gasteiger partial charge in [0.1, 0.15) is 17.2 Å². The Morgan fingerprint density at radius 3 is 2.59 bits per heavy atom. The van der Waals surface area contributed by atoms with Crippen molar-refractivity contribution >= 4 is 5.97 Å². The molecule has 154 valence electrons. The Bertz CT molecular complexity index is 958. The first-order valence-corrected chi connectivity index (χ1v) is 9.85. The smallest absolute Gasteiger partial charge is 0.335 e. The third kappa shape index (κ3) is 2.70. The number of nitrogens with zero attached hydrogens (tertiary/aromatic N) is 2. The van der Waals surface area contributed by atoms with Gasteiger partial charge >= 0.3 is 5.97 Å². The lowest BCUT2D eigenvalue weighted by molar-refractivity contribution is -0.184. The lowest BCUT2D eigenvalue weighted by Gasteiger charge is -2.39. The molecule has 5 nitrogen and oxygen atoms in total. The zero-order chi connectivity index (χ0) is 21.0. The summed E-state index contributed by atoms with van der Waals surface area (Å²) in [5, 5.41) is 8.52. The average Bonchev–Trinajstić information content (AvgIpc) is 3.05. The highest BCUT2D eigenvalue weighted by molar-refractivity contribution is 5.74. The molecule has 7 heteroatoms. The van der Waals surface area contributed by atoms with E-state index in [0.717, 1.165) is 12.0 Å². The molecule has 0 amide bonds. The van der Waals surface area contributed by atoms with Gasteiger partial charge in [0.05, 0.1) is 24.1 Å². The first-order valence-electron chi connectivity index (χ1n) is 9.85. The van der Waals surface area contributed by atoms with E-state index in [2.05, 4.69) is 24.0 Å². The number of methoxy groups -OCH3 is 1. The van der Waals surface area contributed by atoms with E-state index < -0.39 is 29.3 Å². The van der Waals surface area contributed by atoms with E-state index in [-0.39, 0.29) is 22.6 Å². The zero-order valence-electron chi connectivity index (χ0n) is 17.0. The minimum absolute atomic E-state index is 0.0942. The number of carbonyl (C=O) groups excluding carboxylic acids is 1. The summed E-state index contributed by atoms with van der Waals surface area (Å²) in [7, 11) is 1.34. The van der Waals surface area contributed by atoms with Crippen molar-refractivity contribution in [2.24, 2.45) is 5.41 Å². The Hall–Kier alpha value is -2.41. The first kappa shape index (κ1) is 19.9. The summed E-state index contributed by atoms with van der Waals surface area (Å²) in [4.78, 5) is 12.2. The van der Waals surface area contributed by atoms with E-state index in [4.69, 9.17) is 9.47 Å². The molecule has 29 heavy (non-hydrogen) atoms. The molecule has 0 radical (unpaired) electrons. The van der Waals surface area contributed by atoms with Crippen molar-refractivity contribution in [3.05, 3.63) is 47.2 Å². The minimum atomic E-state index is -0.791. The summed E-state index contributed by atoms with van der Waals surface area (Å²) in [6.45, 7) is 6.03. The fraction of sp³-hybridized carbons (Fsp3) is 0.500. The van der Waals surface area contributed by atoms with Crippen molar-refractivity contribution in [1.82, 2.24) is 10.2 Å². The van der Waals surface area contributed by atoms with Gasteiger partial charge in [0, 0.05) is 5.41 Å². The number of carbonyl (C=O) groups is 1. The Labute approximate surface area is 168 Å². The highest BCUT2D eigenvalue weighted by Gasteiger charge is 2.65.